The summed E-state index contributed by atoms with van der Waals surface area (Å²) < 4.78 is 5.35. The molecule has 4 fully saturated rings. The maximum Gasteiger partial charge on any atom is 0.0594 e. The van der Waals surface area contributed by atoms with Crippen molar-refractivity contribution in [3.63, 3.8) is 0 Å². The second-order valence-electron chi connectivity index (χ2n) is 4.15. The van der Waals surface area contributed by atoms with Crippen molar-refractivity contribution in [2.24, 2.45) is 5.92 Å². The second kappa shape index (κ2) is 2.69. The van der Waals surface area contributed by atoms with Crippen molar-refractivity contribution in [1.82, 2.24) is 10.2 Å². The van der Waals surface area contributed by atoms with E-state index in [1.165, 1.54) is 13.0 Å². The van der Waals surface area contributed by atoms with Gasteiger partial charge >= 0.3 is 0 Å². The van der Waals surface area contributed by atoms with Crippen molar-refractivity contribution >= 4 is 0 Å². The molecule has 68 valence electrons. The van der Waals surface area contributed by atoms with Gasteiger partial charge in [0, 0.05) is 25.2 Å². The Morgan fingerprint density at radius 3 is 2.67 bits per heavy atom. The molecule has 0 aromatic carbocycles. The van der Waals surface area contributed by atoms with Gasteiger partial charge in [0.05, 0.1) is 13.2 Å². The van der Waals surface area contributed by atoms with Crippen LogP contribution in [0, 0.1) is 5.92 Å². The van der Waals surface area contributed by atoms with Crippen LogP contribution in [0.5, 0.6) is 0 Å². The maximum atomic E-state index is 5.35. The third-order valence-electron chi connectivity index (χ3n) is 3.56. The molecule has 3 atom stereocenters. The van der Waals surface area contributed by atoms with Crippen molar-refractivity contribution in [1.29, 1.82) is 0 Å². The predicted molar refractivity (Wildman–Crippen MR) is 46.1 cm³/mol. The SMILES string of the molecule is C1CN(C2C3CNC2C3)CCO1. The molecule has 2 bridgehead atoms. The third-order valence-corrected chi connectivity index (χ3v) is 3.56. The molecule has 12 heavy (non-hydrogen) atoms. The van der Waals surface area contributed by atoms with E-state index in [9.17, 15) is 0 Å². The summed E-state index contributed by atoms with van der Waals surface area (Å²) >= 11 is 0. The summed E-state index contributed by atoms with van der Waals surface area (Å²) in [4.78, 5) is 2.61. The van der Waals surface area contributed by atoms with Crippen molar-refractivity contribution in [2.75, 3.05) is 32.8 Å². The Morgan fingerprint density at radius 1 is 1.25 bits per heavy atom. The van der Waals surface area contributed by atoms with E-state index in [4.69, 9.17) is 4.74 Å². The van der Waals surface area contributed by atoms with Crippen LogP contribution in [0.15, 0.2) is 0 Å². The van der Waals surface area contributed by atoms with Crippen molar-refractivity contribution < 1.29 is 4.74 Å². The first-order valence-electron chi connectivity index (χ1n) is 5.00. The summed E-state index contributed by atoms with van der Waals surface area (Å²) in [5.41, 5.74) is 0. The average Bonchev–Trinajstić information content (AvgIpc) is 2.66. The predicted octanol–water partition coefficient (Wildman–Crippen LogP) is -0.321. The van der Waals surface area contributed by atoms with Crippen LogP contribution in [0.1, 0.15) is 6.42 Å². The zero-order valence-electron chi connectivity index (χ0n) is 7.33. The molecule has 0 amide bonds. The Kier molecular flexibility index (Phi) is 1.63. The Balaban J connectivity index is 1.65. The second-order valence-corrected chi connectivity index (χ2v) is 4.15. The Labute approximate surface area is 73.1 Å². The number of ether oxygens (including phenoxy) is 1. The van der Waals surface area contributed by atoms with Gasteiger partial charge in [-0.25, -0.2) is 0 Å². The highest BCUT2D eigenvalue weighted by molar-refractivity contribution is 5.08. The zero-order valence-corrected chi connectivity index (χ0v) is 7.33. The third kappa shape index (κ3) is 0.934. The van der Waals surface area contributed by atoms with Crippen LogP contribution in [0.25, 0.3) is 0 Å². The van der Waals surface area contributed by atoms with E-state index in [0.29, 0.717) is 0 Å². The monoisotopic (exact) mass is 168 g/mol. The van der Waals surface area contributed by atoms with Gasteiger partial charge in [0.15, 0.2) is 0 Å². The lowest BCUT2D eigenvalue weighted by atomic mass is 9.79. The molecular weight excluding hydrogens is 152 g/mol. The van der Waals surface area contributed by atoms with Crippen LogP contribution < -0.4 is 5.32 Å². The summed E-state index contributed by atoms with van der Waals surface area (Å²) in [5.74, 6) is 0.952. The van der Waals surface area contributed by atoms with Crippen molar-refractivity contribution in [2.45, 2.75) is 18.5 Å². The lowest BCUT2D eigenvalue weighted by Crippen LogP contribution is -2.57. The smallest absolute Gasteiger partial charge is 0.0594 e. The van der Waals surface area contributed by atoms with Gasteiger partial charge < -0.3 is 10.1 Å². The van der Waals surface area contributed by atoms with Crippen molar-refractivity contribution in [3.05, 3.63) is 0 Å². The molecule has 4 aliphatic rings. The molecule has 0 spiro atoms. The van der Waals surface area contributed by atoms with Crippen LogP contribution in [0.4, 0.5) is 0 Å². The van der Waals surface area contributed by atoms with Crippen molar-refractivity contribution in [3.8, 4) is 0 Å². The first kappa shape index (κ1) is 7.30. The molecule has 4 rings (SSSR count). The Hall–Kier alpha value is -0.120. The van der Waals surface area contributed by atoms with Gasteiger partial charge in [0.25, 0.3) is 0 Å². The number of hydrogen-bond acceptors (Lipinski definition) is 3. The van der Waals surface area contributed by atoms with Gasteiger partial charge in [0.2, 0.25) is 0 Å². The Bertz CT molecular complexity index is 165. The average molecular weight is 168 g/mol. The first-order chi connectivity index (χ1) is 5.95. The van der Waals surface area contributed by atoms with E-state index >= 15 is 0 Å². The number of nitrogens with one attached hydrogen (secondary N) is 1. The number of fused-ring (bicyclic) bond motifs is 1. The molecule has 0 radical (unpaired) electrons. The molecule has 3 aliphatic heterocycles. The van der Waals surface area contributed by atoms with E-state index in [1.807, 2.05) is 0 Å². The normalized spacial score (nSPS) is 47.5. The zero-order chi connectivity index (χ0) is 7.97. The highest BCUT2D eigenvalue weighted by atomic mass is 16.5. The molecule has 0 aromatic heterocycles. The summed E-state index contributed by atoms with van der Waals surface area (Å²) in [6.45, 7) is 5.44. The van der Waals surface area contributed by atoms with Crippen LogP contribution >= 0.6 is 0 Å². The van der Waals surface area contributed by atoms with Crippen LogP contribution in [0.2, 0.25) is 0 Å². The number of hydrogen-bond donors (Lipinski definition) is 1. The lowest BCUT2D eigenvalue weighted by molar-refractivity contribution is -0.0175. The molecule has 0 aromatic rings. The Morgan fingerprint density at radius 2 is 2.08 bits per heavy atom. The fourth-order valence-corrected chi connectivity index (χ4v) is 2.88. The molecule has 3 heterocycles. The number of morpholine rings is 1. The minimum absolute atomic E-state index is 0.813. The van der Waals surface area contributed by atoms with E-state index < -0.39 is 0 Å². The number of nitrogens with zero attached hydrogens (tertiary/aromatic N) is 1. The first-order valence-corrected chi connectivity index (χ1v) is 5.00. The highest BCUT2D eigenvalue weighted by Gasteiger charge is 2.49. The number of rotatable bonds is 1. The van der Waals surface area contributed by atoms with Gasteiger partial charge in [-0.3, -0.25) is 4.90 Å². The van der Waals surface area contributed by atoms with Gasteiger partial charge in [-0.2, -0.15) is 0 Å². The van der Waals surface area contributed by atoms with Crippen LogP contribution in [-0.2, 0) is 4.74 Å². The molecule has 1 N–H and O–H groups in total. The minimum Gasteiger partial charge on any atom is -0.379 e. The molecular formula is C9H16N2O. The van der Waals surface area contributed by atoms with Gasteiger partial charge in [-0.15, -0.1) is 0 Å². The fourth-order valence-electron chi connectivity index (χ4n) is 2.88. The lowest BCUT2D eigenvalue weighted by Gasteiger charge is -2.44. The molecule has 3 heteroatoms. The van der Waals surface area contributed by atoms with Crippen LogP contribution in [0.3, 0.4) is 0 Å². The molecule has 3 nitrogen and oxygen atoms in total. The summed E-state index contributed by atoms with van der Waals surface area (Å²) in [6, 6.07) is 1.67. The van der Waals surface area contributed by atoms with E-state index in [0.717, 1.165) is 44.3 Å². The van der Waals surface area contributed by atoms with E-state index in [-0.39, 0.29) is 0 Å². The van der Waals surface area contributed by atoms with Crippen LogP contribution in [-0.4, -0.2) is 49.8 Å². The summed E-state index contributed by atoms with van der Waals surface area (Å²) in [6.07, 6.45) is 1.42. The van der Waals surface area contributed by atoms with Gasteiger partial charge in [-0.05, 0) is 18.9 Å². The summed E-state index contributed by atoms with van der Waals surface area (Å²) in [7, 11) is 0. The molecule has 3 saturated heterocycles. The molecule has 1 aliphatic carbocycles. The van der Waals surface area contributed by atoms with Gasteiger partial charge in [-0.1, -0.05) is 0 Å². The maximum absolute atomic E-state index is 5.35. The standard InChI is InChI=1S/C9H16N2O/c1-3-12-4-2-11(1)9-7-5-8(9)10-6-7/h7-10H,1-6H2. The topological polar surface area (TPSA) is 24.5 Å². The molecule has 3 unspecified atom stereocenters. The molecule has 1 saturated carbocycles. The largest absolute Gasteiger partial charge is 0.379 e. The minimum atomic E-state index is 0.813. The fraction of sp³-hybridized carbons (Fsp3) is 1.00. The quantitative estimate of drug-likeness (QED) is 0.580. The highest BCUT2D eigenvalue weighted by Crippen LogP contribution is 2.37. The summed E-state index contributed by atoms with van der Waals surface area (Å²) in [5, 5.41) is 3.56. The van der Waals surface area contributed by atoms with Gasteiger partial charge in [0.1, 0.15) is 0 Å². The van der Waals surface area contributed by atoms with E-state index in [1.54, 1.807) is 0 Å². The van der Waals surface area contributed by atoms with E-state index in [2.05, 4.69) is 10.2 Å².